The van der Waals surface area contributed by atoms with Crippen molar-refractivity contribution in [3.05, 3.63) is 0 Å². The minimum atomic E-state index is -0.678. The highest BCUT2D eigenvalue weighted by Crippen LogP contribution is 2.14. The first-order valence-electron chi connectivity index (χ1n) is 5.19. The molecule has 4 nitrogen and oxygen atoms in total. The molecule has 0 saturated carbocycles. The molecule has 1 amide bonds. The van der Waals surface area contributed by atoms with Crippen LogP contribution in [0.2, 0.25) is 0 Å². The number of carbonyl (C=O) groups is 1. The van der Waals surface area contributed by atoms with Crippen LogP contribution in [0, 0.1) is 0 Å². The number of hydrogen-bond donors (Lipinski definition) is 2. The molecule has 0 radical (unpaired) electrons. The maximum absolute atomic E-state index is 11.8. The number of amides is 1. The fourth-order valence-electron chi connectivity index (χ4n) is 1.51. The van der Waals surface area contributed by atoms with Gasteiger partial charge in [0.15, 0.2) is 0 Å². The lowest BCUT2D eigenvalue weighted by molar-refractivity contribution is -0.142. The van der Waals surface area contributed by atoms with Crippen molar-refractivity contribution in [2.24, 2.45) is 0 Å². The van der Waals surface area contributed by atoms with Gasteiger partial charge in [0, 0.05) is 19.7 Å². The topological polar surface area (TPSA) is 50.4 Å². The highest BCUT2D eigenvalue weighted by atomic mass is 16.5. The van der Waals surface area contributed by atoms with Gasteiger partial charge in [-0.05, 0) is 26.3 Å². The first-order valence-corrected chi connectivity index (χ1v) is 5.19. The molecule has 1 saturated heterocycles. The van der Waals surface area contributed by atoms with Crippen LogP contribution >= 0.6 is 0 Å². The van der Waals surface area contributed by atoms with E-state index in [2.05, 4.69) is 10.6 Å². The van der Waals surface area contributed by atoms with E-state index in [1.165, 1.54) is 0 Å². The third-order valence-electron chi connectivity index (χ3n) is 3.00. The van der Waals surface area contributed by atoms with Gasteiger partial charge in [0.25, 0.3) is 5.91 Å². The number of nitrogens with one attached hydrogen (secondary N) is 2. The molecule has 14 heavy (non-hydrogen) atoms. The Morgan fingerprint density at radius 3 is 2.86 bits per heavy atom. The molecule has 1 aliphatic heterocycles. The van der Waals surface area contributed by atoms with Crippen molar-refractivity contribution >= 4 is 5.91 Å². The normalized spacial score (nSPS) is 25.8. The van der Waals surface area contributed by atoms with Crippen molar-refractivity contribution in [2.75, 3.05) is 20.2 Å². The van der Waals surface area contributed by atoms with E-state index >= 15 is 0 Å². The number of rotatable bonds is 4. The fourth-order valence-corrected chi connectivity index (χ4v) is 1.51. The Labute approximate surface area is 85.4 Å². The van der Waals surface area contributed by atoms with Crippen LogP contribution in [0.3, 0.4) is 0 Å². The maximum atomic E-state index is 11.8. The van der Waals surface area contributed by atoms with E-state index in [0.29, 0.717) is 6.42 Å². The molecule has 2 N–H and O–H groups in total. The van der Waals surface area contributed by atoms with Crippen molar-refractivity contribution in [3.63, 3.8) is 0 Å². The summed E-state index contributed by atoms with van der Waals surface area (Å²) in [4.78, 5) is 11.8. The van der Waals surface area contributed by atoms with Gasteiger partial charge in [-0.15, -0.1) is 0 Å². The Kier molecular flexibility index (Phi) is 3.89. The van der Waals surface area contributed by atoms with Crippen LogP contribution in [0.4, 0.5) is 0 Å². The van der Waals surface area contributed by atoms with E-state index in [-0.39, 0.29) is 11.9 Å². The van der Waals surface area contributed by atoms with Crippen LogP contribution in [0.25, 0.3) is 0 Å². The second-order valence-electron chi connectivity index (χ2n) is 3.95. The standard InChI is InChI=1S/C10H20N2O2/c1-4-10(2,14-3)9(13)12-8-5-6-11-7-8/h8,11H,4-7H2,1-3H3,(H,12,13)/t8-,10?/m1/s1. The highest BCUT2D eigenvalue weighted by Gasteiger charge is 2.32. The quantitative estimate of drug-likeness (QED) is 0.685. The first kappa shape index (κ1) is 11.5. The van der Waals surface area contributed by atoms with Crippen molar-refractivity contribution in [1.82, 2.24) is 10.6 Å². The van der Waals surface area contributed by atoms with Gasteiger partial charge in [-0.25, -0.2) is 0 Å². The SMILES string of the molecule is CCC(C)(OC)C(=O)N[C@@H]1CCNC1. The first-order chi connectivity index (χ1) is 6.62. The third kappa shape index (κ3) is 2.45. The summed E-state index contributed by atoms with van der Waals surface area (Å²) in [5.41, 5.74) is -0.678. The molecule has 1 rings (SSSR count). The molecule has 0 aromatic rings. The Hall–Kier alpha value is -0.610. The van der Waals surface area contributed by atoms with E-state index in [4.69, 9.17) is 4.74 Å². The van der Waals surface area contributed by atoms with Crippen molar-refractivity contribution in [1.29, 1.82) is 0 Å². The minimum Gasteiger partial charge on any atom is -0.369 e. The van der Waals surface area contributed by atoms with Crippen LogP contribution in [0.15, 0.2) is 0 Å². The number of ether oxygens (including phenoxy) is 1. The van der Waals surface area contributed by atoms with Gasteiger partial charge in [-0.3, -0.25) is 4.79 Å². The van der Waals surface area contributed by atoms with Gasteiger partial charge < -0.3 is 15.4 Å². The molecule has 1 aliphatic rings. The summed E-state index contributed by atoms with van der Waals surface area (Å²) >= 11 is 0. The molecule has 2 atom stereocenters. The molecule has 0 spiro atoms. The molecule has 1 heterocycles. The molecule has 4 heteroatoms. The van der Waals surface area contributed by atoms with E-state index in [9.17, 15) is 4.79 Å². The largest absolute Gasteiger partial charge is 0.369 e. The predicted molar refractivity (Wildman–Crippen MR) is 55.1 cm³/mol. The molecule has 0 bridgehead atoms. The molecular formula is C10H20N2O2. The van der Waals surface area contributed by atoms with Crippen molar-refractivity contribution < 1.29 is 9.53 Å². The Morgan fingerprint density at radius 2 is 2.43 bits per heavy atom. The lowest BCUT2D eigenvalue weighted by atomic mass is 10.0. The fraction of sp³-hybridized carbons (Fsp3) is 0.900. The van der Waals surface area contributed by atoms with Crippen LogP contribution in [-0.2, 0) is 9.53 Å². The lowest BCUT2D eigenvalue weighted by Crippen LogP contribution is -2.49. The van der Waals surface area contributed by atoms with Gasteiger partial charge >= 0.3 is 0 Å². The number of carbonyl (C=O) groups excluding carboxylic acids is 1. The molecule has 0 aliphatic carbocycles. The van der Waals surface area contributed by atoms with Gasteiger partial charge in [0.05, 0.1) is 0 Å². The summed E-state index contributed by atoms with van der Waals surface area (Å²) in [6.07, 6.45) is 1.70. The second kappa shape index (κ2) is 4.75. The summed E-state index contributed by atoms with van der Waals surface area (Å²) in [7, 11) is 1.58. The number of hydrogen-bond acceptors (Lipinski definition) is 3. The van der Waals surface area contributed by atoms with E-state index in [1.807, 2.05) is 13.8 Å². The summed E-state index contributed by atoms with van der Waals surface area (Å²) in [5.74, 6) is -0.00352. The number of methoxy groups -OCH3 is 1. The summed E-state index contributed by atoms with van der Waals surface area (Å²) < 4.78 is 5.23. The van der Waals surface area contributed by atoms with Crippen LogP contribution in [-0.4, -0.2) is 37.7 Å². The lowest BCUT2D eigenvalue weighted by Gasteiger charge is -2.26. The van der Waals surface area contributed by atoms with Crippen LogP contribution in [0.5, 0.6) is 0 Å². The van der Waals surface area contributed by atoms with Crippen LogP contribution in [0.1, 0.15) is 26.7 Å². The molecule has 82 valence electrons. The smallest absolute Gasteiger partial charge is 0.252 e. The summed E-state index contributed by atoms with van der Waals surface area (Å²) in [5, 5.41) is 6.20. The van der Waals surface area contributed by atoms with E-state index in [0.717, 1.165) is 19.5 Å². The van der Waals surface area contributed by atoms with Crippen molar-refractivity contribution in [2.45, 2.75) is 38.3 Å². The van der Waals surface area contributed by atoms with Crippen LogP contribution < -0.4 is 10.6 Å². The summed E-state index contributed by atoms with van der Waals surface area (Å²) in [6.45, 7) is 5.64. The zero-order chi connectivity index (χ0) is 10.6. The van der Waals surface area contributed by atoms with Gasteiger partial charge in [0.2, 0.25) is 0 Å². The zero-order valence-corrected chi connectivity index (χ0v) is 9.22. The molecule has 0 aromatic heterocycles. The molecule has 1 fully saturated rings. The average Bonchev–Trinajstić information content (AvgIpc) is 2.69. The average molecular weight is 200 g/mol. The Balaban J connectivity index is 2.46. The second-order valence-corrected chi connectivity index (χ2v) is 3.95. The molecule has 1 unspecified atom stereocenters. The maximum Gasteiger partial charge on any atom is 0.252 e. The summed E-state index contributed by atoms with van der Waals surface area (Å²) in [6, 6.07) is 0.267. The highest BCUT2D eigenvalue weighted by molar-refractivity contribution is 5.85. The monoisotopic (exact) mass is 200 g/mol. The third-order valence-corrected chi connectivity index (χ3v) is 3.00. The van der Waals surface area contributed by atoms with Gasteiger partial charge in [0.1, 0.15) is 5.60 Å². The Bertz CT molecular complexity index is 196. The Morgan fingerprint density at radius 1 is 1.71 bits per heavy atom. The van der Waals surface area contributed by atoms with E-state index in [1.54, 1.807) is 7.11 Å². The molecular weight excluding hydrogens is 180 g/mol. The predicted octanol–water partition coefficient (Wildman–Crippen LogP) is 0.280. The zero-order valence-electron chi connectivity index (χ0n) is 9.22. The molecule has 0 aromatic carbocycles. The van der Waals surface area contributed by atoms with Crippen molar-refractivity contribution in [3.8, 4) is 0 Å². The minimum absolute atomic E-state index is 0.00352. The van der Waals surface area contributed by atoms with E-state index < -0.39 is 5.60 Å². The van der Waals surface area contributed by atoms with Gasteiger partial charge in [-0.2, -0.15) is 0 Å². The van der Waals surface area contributed by atoms with Gasteiger partial charge in [-0.1, -0.05) is 6.92 Å².